The Morgan fingerprint density at radius 3 is 2.43 bits per heavy atom. The number of carbonyl (C=O) groups is 2. The van der Waals surface area contributed by atoms with E-state index in [4.69, 9.17) is 0 Å². The zero-order chi connectivity index (χ0) is 24.5. The number of amides is 2. The molecule has 0 spiro atoms. The maximum atomic E-state index is 12.3. The van der Waals surface area contributed by atoms with Crippen molar-refractivity contribution in [2.24, 2.45) is 0 Å². The third-order valence-electron chi connectivity index (χ3n) is 6.64. The lowest BCUT2D eigenvalue weighted by atomic mass is 10.0. The van der Waals surface area contributed by atoms with Crippen molar-refractivity contribution in [1.82, 2.24) is 15.5 Å². The molecule has 3 aromatic rings. The van der Waals surface area contributed by atoms with Crippen LogP contribution in [0.25, 0.3) is 10.8 Å². The second-order valence-electron chi connectivity index (χ2n) is 9.32. The molecular formula is C29H36N4O2. The number of nitrogens with one attached hydrogen (secondary N) is 2. The zero-order valence-electron chi connectivity index (χ0n) is 20.6. The van der Waals surface area contributed by atoms with Crippen molar-refractivity contribution in [2.75, 3.05) is 50.7 Å². The number of piperazine rings is 1. The maximum absolute atomic E-state index is 12.3. The summed E-state index contributed by atoms with van der Waals surface area (Å²) in [5, 5.41) is 7.86. The summed E-state index contributed by atoms with van der Waals surface area (Å²) in [6.07, 6.45) is 2.26. The Kier molecular flexibility index (Phi) is 8.74. The van der Waals surface area contributed by atoms with Gasteiger partial charge in [0.25, 0.3) is 0 Å². The van der Waals surface area contributed by atoms with E-state index in [9.17, 15) is 9.59 Å². The summed E-state index contributed by atoms with van der Waals surface area (Å²) in [6, 6.07) is 22.7. The van der Waals surface area contributed by atoms with Gasteiger partial charge in [0.2, 0.25) is 11.8 Å². The van der Waals surface area contributed by atoms with E-state index in [2.05, 4.69) is 51.6 Å². The lowest BCUT2D eigenvalue weighted by Gasteiger charge is -2.36. The summed E-state index contributed by atoms with van der Waals surface area (Å²) in [5.74, 6) is -0.274. The van der Waals surface area contributed by atoms with Gasteiger partial charge in [-0.25, -0.2) is 0 Å². The highest BCUT2D eigenvalue weighted by atomic mass is 16.2. The van der Waals surface area contributed by atoms with E-state index in [0.29, 0.717) is 6.54 Å². The molecule has 1 heterocycles. The van der Waals surface area contributed by atoms with E-state index in [0.717, 1.165) is 61.9 Å². The van der Waals surface area contributed by atoms with Crippen LogP contribution in [0.5, 0.6) is 0 Å². The molecule has 0 bridgehead atoms. The fourth-order valence-electron chi connectivity index (χ4n) is 4.67. The van der Waals surface area contributed by atoms with E-state index in [1.165, 1.54) is 11.3 Å². The van der Waals surface area contributed by atoms with Gasteiger partial charge in [0, 0.05) is 38.4 Å². The van der Waals surface area contributed by atoms with Gasteiger partial charge in [0.1, 0.15) is 0 Å². The lowest BCUT2D eigenvalue weighted by molar-refractivity contribution is -0.125. The first kappa shape index (κ1) is 24.7. The third-order valence-corrected chi connectivity index (χ3v) is 6.64. The molecule has 0 aliphatic carbocycles. The molecule has 3 aromatic carbocycles. The molecule has 1 aliphatic heterocycles. The van der Waals surface area contributed by atoms with Gasteiger partial charge in [-0.1, -0.05) is 54.6 Å². The van der Waals surface area contributed by atoms with Crippen molar-refractivity contribution in [3.8, 4) is 0 Å². The molecule has 0 atom stereocenters. The van der Waals surface area contributed by atoms with Crippen LogP contribution in [-0.4, -0.2) is 62.5 Å². The first-order valence-electron chi connectivity index (χ1n) is 12.6. The van der Waals surface area contributed by atoms with Gasteiger partial charge >= 0.3 is 0 Å². The summed E-state index contributed by atoms with van der Waals surface area (Å²) in [4.78, 5) is 29.4. The molecule has 184 valence electrons. The van der Waals surface area contributed by atoms with Gasteiger partial charge in [0.05, 0.1) is 13.0 Å². The number of hydrogen-bond acceptors (Lipinski definition) is 4. The highest BCUT2D eigenvalue weighted by Gasteiger charge is 2.16. The molecule has 1 aliphatic rings. The predicted molar refractivity (Wildman–Crippen MR) is 143 cm³/mol. The van der Waals surface area contributed by atoms with Crippen LogP contribution in [0.15, 0.2) is 66.7 Å². The monoisotopic (exact) mass is 472 g/mol. The average Bonchev–Trinajstić information content (AvgIpc) is 2.88. The normalized spacial score (nSPS) is 14.1. The van der Waals surface area contributed by atoms with Crippen LogP contribution in [0.3, 0.4) is 0 Å². The van der Waals surface area contributed by atoms with Crippen LogP contribution < -0.4 is 15.5 Å². The molecule has 2 N–H and O–H groups in total. The highest BCUT2D eigenvalue weighted by molar-refractivity contribution is 5.91. The van der Waals surface area contributed by atoms with E-state index >= 15 is 0 Å². The first-order valence-corrected chi connectivity index (χ1v) is 12.6. The number of anilines is 1. The Hall–Kier alpha value is -3.38. The van der Waals surface area contributed by atoms with Gasteiger partial charge < -0.3 is 15.5 Å². The van der Waals surface area contributed by atoms with Gasteiger partial charge in [-0.05, 0) is 60.3 Å². The van der Waals surface area contributed by atoms with Crippen LogP contribution in [0.1, 0.15) is 24.0 Å². The minimum Gasteiger partial charge on any atom is -0.369 e. The Balaban J connectivity index is 1.07. The third kappa shape index (κ3) is 7.30. The van der Waals surface area contributed by atoms with E-state index in [1.807, 2.05) is 42.5 Å². The molecular weight excluding hydrogens is 436 g/mol. The van der Waals surface area contributed by atoms with E-state index in [-0.39, 0.29) is 24.8 Å². The fourth-order valence-corrected chi connectivity index (χ4v) is 4.67. The molecule has 4 rings (SSSR count). The van der Waals surface area contributed by atoms with Crippen LogP contribution in [-0.2, 0) is 16.0 Å². The van der Waals surface area contributed by atoms with Crippen molar-refractivity contribution in [3.63, 3.8) is 0 Å². The molecule has 6 heteroatoms. The Labute approximate surface area is 208 Å². The number of aryl methyl sites for hydroxylation is 1. The number of benzene rings is 3. The number of hydrogen-bond donors (Lipinski definition) is 2. The molecule has 0 saturated carbocycles. The fraction of sp³-hybridized carbons (Fsp3) is 0.379. The number of carbonyl (C=O) groups excluding carboxylic acids is 2. The van der Waals surface area contributed by atoms with E-state index in [1.54, 1.807) is 0 Å². The Morgan fingerprint density at radius 1 is 0.829 bits per heavy atom. The average molecular weight is 473 g/mol. The summed E-state index contributed by atoms with van der Waals surface area (Å²) in [5.41, 5.74) is 3.59. The second kappa shape index (κ2) is 12.4. The van der Waals surface area contributed by atoms with Crippen molar-refractivity contribution in [2.45, 2.75) is 26.2 Å². The lowest BCUT2D eigenvalue weighted by Crippen LogP contribution is -2.46. The molecule has 35 heavy (non-hydrogen) atoms. The number of unbranched alkanes of at least 4 members (excludes halogenated alkanes) is 1. The van der Waals surface area contributed by atoms with Gasteiger partial charge in [0.15, 0.2) is 0 Å². The highest BCUT2D eigenvalue weighted by Crippen LogP contribution is 2.19. The van der Waals surface area contributed by atoms with Crippen LogP contribution in [0.4, 0.5) is 5.69 Å². The summed E-state index contributed by atoms with van der Waals surface area (Å²) < 4.78 is 0. The smallest absolute Gasteiger partial charge is 0.239 e. The molecule has 0 radical (unpaired) electrons. The van der Waals surface area contributed by atoms with E-state index < -0.39 is 0 Å². The summed E-state index contributed by atoms with van der Waals surface area (Å²) in [6.45, 7) is 8.10. The summed E-state index contributed by atoms with van der Waals surface area (Å²) >= 11 is 0. The SMILES string of the molecule is Cc1cccc(N2CCN(CCCCNC(=O)CNC(=O)Cc3cccc4ccccc34)CC2)c1. The Bertz CT molecular complexity index is 1130. The number of nitrogens with zero attached hydrogens (tertiary/aromatic N) is 2. The molecule has 1 fully saturated rings. The topological polar surface area (TPSA) is 64.7 Å². The van der Waals surface area contributed by atoms with Crippen molar-refractivity contribution >= 4 is 28.3 Å². The first-order chi connectivity index (χ1) is 17.1. The second-order valence-corrected chi connectivity index (χ2v) is 9.32. The standard InChI is InChI=1S/C29H36N4O2/c1-23-8-6-12-26(20-23)33-18-16-32(17-19-33)15-5-4-14-30-29(35)22-31-28(34)21-25-11-7-10-24-9-2-3-13-27(24)25/h2-3,6-13,20H,4-5,14-19,21-22H2,1H3,(H,30,35)(H,31,34). The largest absolute Gasteiger partial charge is 0.369 e. The summed E-state index contributed by atoms with van der Waals surface area (Å²) in [7, 11) is 0. The van der Waals surface area contributed by atoms with Crippen molar-refractivity contribution in [1.29, 1.82) is 0 Å². The minimum absolute atomic E-state index is 0.0184. The number of rotatable bonds is 10. The van der Waals surface area contributed by atoms with Crippen LogP contribution in [0.2, 0.25) is 0 Å². The van der Waals surface area contributed by atoms with Gasteiger partial charge in [-0.2, -0.15) is 0 Å². The number of fused-ring (bicyclic) bond motifs is 1. The molecule has 2 amide bonds. The van der Waals surface area contributed by atoms with Crippen LogP contribution in [0, 0.1) is 6.92 Å². The molecule has 6 nitrogen and oxygen atoms in total. The van der Waals surface area contributed by atoms with Crippen LogP contribution >= 0.6 is 0 Å². The molecule has 0 aromatic heterocycles. The molecule has 0 unspecified atom stereocenters. The maximum Gasteiger partial charge on any atom is 0.239 e. The zero-order valence-corrected chi connectivity index (χ0v) is 20.6. The Morgan fingerprint density at radius 2 is 1.60 bits per heavy atom. The van der Waals surface area contributed by atoms with Crippen molar-refractivity contribution < 1.29 is 9.59 Å². The van der Waals surface area contributed by atoms with Gasteiger partial charge in [-0.15, -0.1) is 0 Å². The minimum atomic E-state index is -0.138. The quantitative estimate of drug-likeness (QED) is 0.443. The molecule has 1 saturated heterocycles. The van der Waals surface area contributed by atoms with Gasteiger partial charge in [-0.3, -0.25) is 14.5 Å². The van der Waals surface area contributed by atoms with Crippen molar-refractivity contribution in [3.05, 3.63) is 77.9 Å². The predicted octanol–water partition coefficient (Wildman–Crippen LogP) is 3.53.